The number of carbonyl (C=O) groups is 1. The number of anilines is 4. The molecule has 0 spiro atoms. The molecule has 4 aliphatic carbocycles. The van der Waals surface area contributed by atoms with Crippen LogP contribution < -0.4 is 10.6 Å². The Hall–Kier alpha value is -3.19. The van der Waals surface area contributed by atoms with E-state index in [1.165, 1.54) is 62.3 Å². The lowest BCUT2D eigenvalue weighted by molar-refractivity contribution is -0.137. The molecular formula is C30H28ClF3N2O2. The van der Waals surface area contributed by atoms with Crippen molar-refractivity contribution < 1.29 is 23.1 Å². The van der Waals surface area contributed by atoms with Crippen LogP contribution in [0.1, 0.15) is 60.0 Å². The summed E-state index contributed by atoms with van der Waals surface area (Å²) in [7, 11) is 0. The number of carboxylic acid groups (broad SMARTS) is 1. The maximum absolute atomic E-state index is 13.7. The minimum absolute atomic E-state index is 0.0391. The van der Waals surface area contributed by atoms with Crippen LogP contribution in [0.2, 0.25) is 5.02 Å². The van der Waals surface area contributed by atoms with Crippen LogP contribution in [-0.4, -0.2) is 11.1 Å². The molecule has 198 valence electrons. The molecule has 0 saturated heterocycles. The average Bonchev–Trinajstić information content (AvgIpc) is 2.84. The van der Waals surface area contributed by atoms with E-state index in [1.807, 2.05) is 12.1 Å². The number of rotatable bonds is 6. The molecule has 0 aliphatic heterocycles. The van der Waals surface area contributed by atoms with Crippen LogP contribution >= 0.6 is 11.6 Å². The fourth-order valence-corrected chi connectivity index (χ4v) is 7.66. The number of para-hydroxylation sites is 1. The van der Waals surface area contributed by atoms with Gasteiger partial charge < -0.3 is 15.7 Å². The topological polar surface area (TPSA) is 61.4 Å². The molecule has 4 fully saturated rings. The zero-order valence-electron chi connectivity index (χ0n) is 20.6. The summed E-state index contributed by atoms with van der Waals surface area (Å²) in [6.07, 6.45) is 3.03. The summed E-state index contributed by atoms with van der Waals surface area (Å²) in [5.41, 5.74) is 1.53. The van der Waals surface area contributed by atoms with Gasteiger partial charge in [-0.05, 0) is 110 Å². The summed E-state index contributed by atoms with van der Waals surface area (Å²) in [4.78, 5) is 11.6. The van der Waals surface area contributed by atoms with Crippen molar-refractivity contribution >= 4 is 40.3 Å². The number of halogens is 4. The van der Waals surface area contributed by atoms with Crippen LogP contribution in [0.4, 0.5) is 35.9 Å². The molecule has 7 rings (SSSR count). The summed E-state index contributed by atoms with van der Waals surface area (Å²) in [5.74, 6) is 1.20. The molecule has 4 nitrogen and oxygen atoms in total. The number of alkyl halides is 3. The lowest BCUT2D eigenvalue weighted by Crippen LogP contribution is -2.48. The summed E-state index contributed by atoms with van der Waals surface area (Å²) < 4.78 is 41.2. The Labute approximate surface area is 224 Å². The summed E-state index contributed by atoms with van der Waals surface area (Å²) in [6.45, 7) is 0. The third kappa shape index (κ3) is 4.73. The number of hydrogen-bond donors (Lipinski definition) is 3. The molecule has 0 heterocycles. The summed E-state index contributed by atoms with van der Waals surface area (Å²) in [5, 5.41) is 15.8. The van der Waals surface area contributed by atoms with Crippen LogP contribution in [0, 0.1) is 17.8 Å². The molecule has 4 aliphatic rings. The molecule has 8 heteroatoms. The smallest absolute Gasteiger partial charge is 0.416 e. The number of hydrogen-bond acceptors (Lipinski definition) is 3. The second-order valence-corrected chi connectivity index (χ2v) is 11.7. The lowest BCUT2D eigenvalue weighted by Gasteiger charge is -2.57. The fourth-order valence-electron chi connectivity index (χ4n) is 7.44. The highest BCUT2D eigenvalue weighted by molar-refractivity contribution is 6.33. The van der Waals surface area contributed by atoms with Gasteiger partial charge in [-0.25, -0.2) is 4.79 Å². The molecular weight excluding hydrogens is 513 g/mol. The van der Waals surface area contributed by atoms with E-state index < -0.39 is 17.7 Å². The van der Waals surface area contributed by atoms with E-state index in [1.54, 1.807) is 12.1 Å². The Morgan fingerprint density at radius 2 is 1.42 bits per heavy atom. The van der Waals surface area contributed by atoms with Crippen molar-refractivity contribution in [2.24, 2.45) is 17.8 Å². The predicted molar refractivity (Wildman–Crippen MR) is 143 cm³/mol. The quantitative estimate of drug-likeness (QED) is 0.292. The van der Waals surface area contributed by atoms with Gasteiger partial charge in [0, 0.05) is 11.4 Å². The van der Waals surface area contributed by atoms with Gasteiger partial charge in [0.1, 0.15) is 0 Å². The summed E-state index contributed by atoms with van der Waals surface area (Å²) >= 11 is 6.71. The van der Waals surface area contributed by atoms with E-state index in [-0.39, 0.29) is 28.0 Å². The van der Waals surface area contributed by atoms with Gasteiger partial charge in [0.05, 0.1) is 27.5 Å². The Kier molecular flexibility index (Phi) is 6.10. The van der Waals surface area contributed by atoms with Crippen LogP contribution in [-0.2, 0) is 11.6 Å². The Morgan fingerprint density at radius 1 is 0.842 bits per heavy atom. The van der Waals surface area contributed by atoms with Crippen molar-refractivity contribution in [2.75, 3.05) is 10.6 Å². The van der Waals surface area contributed by atoms with Crippen molar-refractivity contribution in [1.82, 2.24) is 0 Å². The van der Waals surface area contributed by atoms with Gasteiger partial charge in [-0.2, -0.15) is 13.2 Å². The largest absolute Gasteiger partial charge is 0.478 e. The zero-order valence-corrected chi connectivity index (χ0v) is 21.4. The normalized spacial score (nSPS) is 25.8. The van der Waals surface area contributed by atoms with Crippen molar-refractivity contribution in [3.05, 3.63) is 82.4 Å². The highest BCUT2D eigenvalue weighted by Crippen LogP contribution is 2.61. The van der Waals surface area contributed by atoms with Gasteiger partial charge in [0.15, 0.2) is 0 Å². The Balaban J connectivity index is 1.29. The third-order valence-corrected chi connectivity index (χ3v) is 8.91. The summed E-state index contributed by atoms with van der Waals surface area (Å²) in [6, 6.07) is 15.5. The highest BCUT2D eigenvalue weighted by atomic mass is 35.5. The van der Waals surface area contributed by atoms with E-state index in [0.717, 1.165) is 29.9 Å². The number of nitrogens with one attached hydrogen (secondary N) is 2. The first-order valence-electron chi connectivity index (χ1n) is 13.0. The standard InChI is InChI=1S/C30H28ClF3N2O2/c31-25-12-20(29-14-17-7-18(15-29)9-19(8-17)16-29)5-6-27(25)36-23-11-21(30(32,33)34)10-22(13-23)35-26-4-2-1-3-24(26)28(37)38/h1-6,10-13,17-19,35-36H,7-9,14-16H2,(H,37,38). The van der Waals surface area contributed by atoms with E-state index in [4.69, 9.17) is 11.6 Å². The van der Waals surface area contributed by atoms with Crippen molar-refractivity contribution in [3.63, 3.8) is 0 Å². The molecule has 0 unspecified atom stereocenters. The van der Waals surface area contributed by atoms with Gasteiger partial charge in [-0.15, -0.1) is 0 Å². The van der Waals surface area contributed by atoms with Crippen molar-refractivity contribution in [1.29, 1.82) is 0 Å². The van der Waals surface area contributed by atoms with Crippen LogP contribution in [0.25, 0.3) is 0 Å². The van der Waals surface area contributed by atoms with Crippen LogP contribution in [0.15, 0.2) is 60.7 Å². The van der Waals surface area contributed by atoms with Gasteiger partial charge in [0.2, 0.25) is 0 Å². The SMILES string of the molecule is O=C(O)c1ccccc1Nc1cc(Nc2ccc(C34CC5CC(CC(C5)C3)C4)cc2Cl)cc(C(F)(F)F)c1. The van der Waals surface area contributed by atoms with Crippen LogP contribution in [0.5, 0.6) is 0 Å². The molecule has 4 bridgehead atoms. The number of carboxylic acids is 1. The highest BCUT2D eigenvalue weighted by Gasteiger charge is 2.51. The zero-order chi connectivity index (χ0) is 26.7. The van der Waals surface area contributed by atoms with E-state index in [2.05, 4.69) is 16.7 Å². The first-order chi connectivity index (χ1) is 18.1. The lowest BCUT2D eigenvalue weighted by atomic mass is 9.48. The predicted octanol–water partition coefficient (Wildman–Crippen LogP) is 9.01. The minimum Gasteiger partial charge on any atom is -0.478 e. The molecule has 0 aromatic heterocycles. The maximum Gasteiger partial charge on any atom is 0.416 e. The van der Waals surface area contributed by atoms with Gasteiger partial charge in [-0.1, -0.05) is 29.8 Å². The molecule has 4 saturated carbocycles. The van der Waals surface area contributed by atoms with E-state index >= 15 is 0 Å². The van der Waals surface area contributed by atoms with E-state index in [9.17, 15) is 23.1 Å². The van der Waals surface area contributed by atoms with Gasteiger partial charge in [-0.3, -0.25) is 0 Å². The fraction of sp³-hybridized carbons (Fsp3) is 0.367. The molecule has 0 radical (unpaired) electrons. The monoisotopic (exact) mass is 540 g/mol. The Bertz CT molecular complexity index is 1370. The van der Waals surface area contributed by atoms with E-state index in [0.29, 0.717) is 10.7 Å². The van der Waals surface area contributed by atoms with Gasteiger partial charge in [0.25, 0.3) is 0 Å². The first-order valence-corrected chi connectivity index (χ1v) is 13.3. The molecule has 38 heavy (non-hydrogen) atoms. The molecule has 3 N–H and O–H groups in total. The maximum atomic E-state index is 13.7. The molecule has 3 aromatic carbocycles. The molecule has 0 amide bonds. The second kappa shape index (κ2) is 9.23. The second-order valence-electron chi connectivity index (χ2n) is 11.3. The van der Waals surface area contributed by atoms with Crippen molar-refractivity contribution in [3.8, 4) is 0 Å². The van der Waals surface area contributed by atoms with Gasteiger partial charge >= 0.3 is 12.1 Å². The first kappa shape index (κ1) is 25.1. The molecule has 3 aromatic rings. The number of benzene rings is 3. The van der Waals surface area contributed by atoms with Crippen LogP contribution in [0.3, 0.4) is 0 Å². The third-order valence-electron chi connectivity index (χ3n) is 8.60. The molecule has 0 atom stereocenters. The average molecular weight is 541 g/mol. The Morgan fingerprint density at radius 3 is 1.97 bits per heavy atom. The minimum atomic E-state index is -4.59. The number of aromatic carboxylic acids is 1. The van der Waals surface area contributed by atoms with Crippen molar-refractivity contribution in [2.45, 2.75) is 50.1 Å².